The van der Waals surface area contributed by atoms with Gasteiger partial charge in [0.05, 0.1) is 11.3 Å². The summed E-state index contributed by atoms with van der Waals surface area (Å²) in [4.78, 5) is 18.2. The van der Waals surface area contributed by atoms with E-state index in [9.17, 15) is 13.2 Å². The second-order valence-electron chi connectivity index (χ2n) is 2.80. The van der Waals surface area contributed by atoms with Gasteiger partial charge in [0.1, 0.15) is 0 Å². The number of aliphatic carboxylic acids is 2. The molecule has 9 heteroatoms. The molecular weight excluding hydrogens is 257 g/mol. The maximum atomic E-state index is 12.1. The van der Waals surface area contributed by atoms with E-state index in [0.29, 0.717) is 0 Å². The standard InChI is InChI=1S/C7H7F3N2.C2H2O4/c8-7(9,10)5-3-1-2-4-6(5)12-11;3-1(4)2(5)6/h1-4,12H,11H2;(H,3,4)(H,5,6). The molecule has 0 aliphatic carbocycles. The Hall–Kier alpha value is -2.29. The molecule has 0 saturated heterocycles. The zero-order valence-electron chi connectivity index (χ0n) is 8.73. The predicted molar refractivity (Wildman–Crippen MR) is 54.5 cm³/mol. The lowest BCUT2D eigenvalue weighted by Gasteiger charge is -2.10. The number of para-hydroxylation sites is 1. The number of alkyl halides is 3. The molecule has 0 bridgehead atoms. The molecule has 0 aliphatic rings. The zero-order valence-corrected chi connectivity index (χ0v) is 8.73. The van der Waals surface area contributed by atoms with Gasteiger partial charge in [0.15, 0.2) is 0 Å². The van der Waals surface area contributed by atoms with Gasteiger partial charge in [0, 0.05) is 0 Å². The van der Waals surface area contributed by atoms with Gasteiger partial charge in [0.2, 0.25) is 0 Å². The highest BCUT2D eigenvalue weighted by Crippen LogP contribution is 2.33. The normalized spacial score (nSPS) is 10.0. The number of hydrogen-bond donors (Lipinski definition) is 4. The van der Waals surface area contributed by atoms with E-state index in [-0.39, 0.29) is 5.69 Å². The second-order valence-corrected chi connectivity index (χ2v) is 2.80. The van der Waals surface area contributed by atoms with E-state index in [4.69, 9.17) is 25.6 Å². The van der Waals surface area contributed by atoms with Crippen molar-refractivity contribution < 1.29 is 33.0 Å². The number of hydrazine groups is 1. The van der Waals surface area contributed by atoms with Gasteiger partial charge in [-0.2, -0.15) is 13.2 Å². The number of anilines is 1. The van der Waals surface area contributed by atoms with Crippen molar-refractivity contribution in [2.75, 3.05) is 5.43 Å². The number of nitrogens with one attached hydrogen (secondary N) is 1. The Morgan fingerprint density at radius 2 is 1.56 bits per heavy atom. The van der Waals surface area contributed by atoms with Gasteiger partial charge < -0.3 is 15.6 Å². The highest BCUT2D eigenvalue weighted by Gasteiger charge is 2.32. The summed E-state index contributed by atoms with van der Waals surface area (Å²) in [7, 11) is 0. The molecule has 0 heterocycles. The molecule has 0 saturated carbocycles. The average molecular weight is 266 g/mol. The number of benzene rings is 1. The average Bonchev–Trinajstić information content (AvgIpc) is 2.28. The Kier molecular flexibility index (Phi) is 5.63. The first-order chi connectivity index (χ1) is 8.20. The Morgan fingerprint density at radius 3 is 1.83 bits per heavy atom. The van der Waals surface area contributed by atoms with Crippen molar-refractivity contribution in [3.8, 4) is 0 Å². The van der Waals surface area contributed by atoms with E-state index < -0.39 is 23.7 Å². The van der Waals surface area contributed by atoms with Crippen LogP contribution in [0.15, 0.2) is 24.3 Å². The lowest BCUT2D eigenvalue weighted by atomic mass is 10.2. The van der Waals surface area contributed by atoms with Crippen molar-refractivity contribution >= 4 is 17.6 Å². The molecule has 0 fully saturated rings. The maximum Gasteiger partial charge on any atom is 0.418 e. The van der Waals surface area contributed by atoms with Gasteiger partial charge in [-0.25, -0.2) is 9.59 Å². The molecule has 1 aromatic carbocycles. The van der Waals surface area contributed by atoms with Crippen LogP contribution in [0.1, 0.15) is 5.56 Å². The topological polar surface area (TPSA) is 113 Å². The van der Waals surface area contributed by atoms with Gasteiger partial charge in [0.25, 0.3) is 0 Å². The maximum absolute atomic E-state index is 12.1. The number of carbonyl (C=O) groups is 2. The van der Waals surface area contributed by atoms with Crippen molar-refractivity contribution in [2.24, 2.45) is 5.84 Å². The number of rotatable bonds is 1. The van der Waals surface area contributed by atoms with Crippen LogP contribution in [0.5, 0.6) is 0 Å². The van der Waals surface area contributed by atoms with Crippen LogP contribution in [0, 0.1) is 0 Å². The number of hydrogen-bond acceptors (Lipinski definition) is 4. The quantitative estimate of drug-likeness (QED) is 0.344. The fourth-order valence-electron chi connectivity index (χ4n) is 0.856. The molecule has 0 spiro atoms. The predicted octanol–water partition coefficient (Wildman–Crippen LogP) is 1.15. The molecule has 1 rings (SSSR count). The SMILES string of the molecule is NNc1ccccc1C(F)(F)F.O=C(O)C(=O)O. The van der Waals surface area contributed by atoms with Crippen LogP contribution >= 0.6 is 0 Å². The molecule has 0 unspecified atom stereocenters. The van der Waals surface area contributed by atoms with E-state index in [0.717, 1.165) is 6.07 Å². The van der Waals surface area contributed by atoms with E-state index in [2.05, 4.69) is 0 Å². The Labute approximate surface area is 98.8 Å². The van der Waals surface area contributed by atoms with Crippen molar-refractivity contribution in [1.29, 1.82) is 0 Å². The van der Waals surface area contributed by atoms with Crippen LogP contribution in [-0.4, -0.2) is 22.2 Å². The van der Waals surface area contributed by atoms with E-state index in [1.807, 2.05) is 5.43 Å². The van der Waals surface area contributed by atoms with Crippen LogP contribution in [0.25, 0.3) is 0 Å². The van der Waals surface area contributed by atoms with Crippen LogP contribution < -0.4 is 11.3 Å². The third-order valence-electron chi connectivity index (χ3n) is 1.57. The fourth-order valence-corrected chi connectivity index (χ4v) is 0.856. The molecule has 5 N–H and O–H groups in total. The van der Waals surface area contributed by atoms with E-state index >= 15 is 0 Å². The van der Waals surface area contributed by atoms with Gasteiger partial charge in [-0.15, -0.1) is 0 Å². The summed E-state index contributed by atoms with van der Waals surface area (Å²) in [5.74, 6) is 1.25. The largest absolute Gasteiger partial charge is 0.473 e. The number of halogens is 3. The minimum absolute atomic E-state index is 0.120. The molecular formula is C9H9F3N2O4. The van der Waals surface area contributed by atoms with Crippen LogP contribution in [0.2, 0.25) is 0 Å². The Bertz CT molecular complexity index is 422. The summed E-state index contributed by atoms with van der Waals surface area (Å²) in [6.07, 6.45) is -4.36. The zero-order chi connectivity index (χ0) is 14.3. The molecule has 18 heavy (non-hydrogen) atoms. The van der Waals surface area contributed by atoms with Crippen molar-refractivity contribution in [1.82, 2.24) is 0 Å². The molecule has 0 radical (unpaired) electrons. The molecule has 6 nitrogen and oxygen atoms in total. The van der Waals surface area contributed by atoms with Gasteiger partial charge in [-0.3, -0.25) is 5.84 Å². The summed E-state index contributed by atoms with van der Waals surface area (Å²) in [5, 5.41) is 14.8. The van der Waals surface area contributed by atoms with E-state index in [1.54, 1.807) is 0 Å². The third kappa shape index (κ3) is 5.16. The first-order valence-corrected chi connectivity index (χ1v) is 4.29. The smallest absolute Gasteiger partial charge is 0.418 e. The lowest BCUT2D eigenvalue weighted by Crippen LogP contribution is -2.14. The van der Waals surface area contributed by atoms with Crippen LogP contribution in [0.4, 0.5) is 18.9 Å². The summed E-state index contributed by atoms with van der Waals surface area (Å²) in [6, 6.07) is 5.02. The minimum atomic E-state index is -4.36. The van der Waals surface area contributed by atoms with Crippen molar-refractivity contribution in [3.63, 3.8) is 0 Å². The fraction of sp³-hybridized carbons (Fsp3) is 0.111. The second kappa shape index (κ2) is 6.45. The Balaban J connectivity index is 0.000000411. The molecule has 0 atom stereocenters. The summed E-state index contributed by atoms with van der Waals surface area (Å²) >= 11 is 0. The number of nitrogen functional groups attached to an aromatic ring is 1. The highest BCUT2D eigenvalue weighted by atomic mass is 19.4. The van der Waals surface area contributed by atoms with Crippen LogP contribution in [-0.2, 0) is 15.8 Å². The number of nitrogens with two attached hydrogens (primary N) is 1. The lowest BCUT2D eigenvalue weighted by molar-refractivity contribution is -0.159. The molecule has 0 aromatic heterocycles. The Morgan fingerprint density at radius 1 is 1.11 bits per heavy atom. The van der Waals surface area contributed by atoms with E-state index in [1.165, 1.54) is 18.2 Å². The summed E-state index contributed by atoms with van der Waals surface area (Å²) in [6.45, 7) is 0. The van der Waals surface area contributed by atoms with Crippen LogP contribution in [0.3, 0.4) is 0 Å². The third-order valence-corrected chi connectivity index (χ3v) is 1.57. The highest BCUT2D eigenvalue weighted by molar-refractivity contribution is 6.27. The minimum Gasteiger partial charge on any atom is -0.473 e. The first-order valence-electron chi connectivity index (χ1n) is 4.29. The van der Waals surface area contributed by atoms with Gasteiger partial charge in [-0.1, -0.05) is 12.1 Å². The number of carboxylic acids is 2. The molecule has 1 aromatic rings. The summed E-state index contributed by atoms with van der Waals surface area (Å²) in [5.41, 5.74) is 1.10. The van der Waals surface area contributed by atoms with Crippen molar-refractivity contribution in [3.05, 3.63) is 29.8 Å². The number of carboxylic acid groups (broad SMARTS) is 2. The summed E-state index contributed by atoms with van der Waals surface area (Å²) < 4.78 is 36.4. The molecule has 0 amide bonds. The van der Waals surface area contributed by atoms with Gasteiger partial charge >= 0.3 is 18.1 Å². The molecule has 100 valence electrons. The molecule has 0 aliphatic heterocycles. The monoisotopic (exact) mass is 266 g/mol. The first kappa shape index (κ1) is 15.7. The van der Waals surface area contributed by atoms with Gasteiger partial charge in [-0.05, 0) is 12.1 Å². The van der Waals surface area contributed by atoms with Crippen molar-refractivity contribution in [2.45, 2.75) is 6.18 Å².